The van der Waals surface area contributed by atoms with Crippen LogP contribution in [-0.2, 0) is 0 Å². The minimum atomic E-state index is 0.876. The molecule has 14 heavy (non-hydrogen) atoms. The van der Waals surface area contributed by atoms with E-state index in [4.69, 9.17) is 0 Å². The standard InChI is InChI=1S/C13H23N/c1-2-6-12-9-13(12)14-10-11-7-4-3-5-8-11/h3-4,11-14H,2,5-10H2,1H3. The van der Waals surface area contributed by atoms with Gasteiger partial charge in [-0.15, -0.1) is 0 Å². The maximum atomic E-state index is 3.73. The molecule has 3 unspecified atom stereocenters. The second kappa shape index (κ2) is 4.97. The lowest BCUT2D eigenvalue weighted by atomic mass is 9.94. The Labute approximate surface area is 88.0 Å². The lowest BCUT2D eigenvalue weighted by Crippen LogP contribution is -2.26. The van der Waals surface area contributed by atoms with Crippen LogP contribution in [-0.4, -0.2) is 12.6 Å². The smallest absolute Gasteiger partial charge is 0.00992 e. The van der Waals surface area contributed by atoms with E-state index < -0.39 is 0 Å². The average molecular weight is 193 g/mol. The highest BCUT2D eigenvalue weighted by Gasteiger charge is 2.35. The predicted octanol–water partition coefficient (Wildman–Crippen LogP) is 3.12. The van der Waals surface area contributed by atoms with Crippen molar-refractivity contribution in [2.45, 2.75) is 51.5 Å². The SMILES string of the molecule is CCCC1CC1NCC1CC=CCC1. The fourth-order valence-corrected chi connectivity index (χ4v) is 2.55. The highest BCUT2D eigenvalue weighted by atomic mass is 15.0. The molecule has 0 radical (unpaired) electrons. The van der Waals surface area contributed by atoms with Gasteiger partial charge in [-0.05, 0) is 50.5 Å². The van der Waals surface area contributed by atoms with E-state index in [2.05, 4.69) is 24.4 Å². The normalized spacial score (nSPS) is 35.9. The van der Waals surface area contributed by atoms with Gasteiger partial charge in [0.2, 0.25) is 0 Å². The third-order valence-electron chi connectivity index (χ3n) is 3.63. The maximum Gasteiger partial charge on any atom is 0.00992 e. The molecule has 0 aromatic heterocycles. The number of hydrogen-bond donors (Lipinski definition) is 1. The first-order valence-electron chi connectivity index (χ1n) is 6.28. The van der Waals surface area contributed by atoms with E-state index in [-0.39, 0.29) is 0 Å². The van der Waals surface area contributed by atoms with Crippen molar-refractivity contribution in [3.05, 3.63) is 12.2 Å². The van der Waals surface area contributed by atoms with Crippen LogP contribution in [0.25, 0.3) is 0 Å². The van der Waals surface area contributed by atoms with E-state index in [1.54, 1.807) is 0 Å². The van der Waals surface area contributed by atoms with Gasteiger partial charge in [0.1, 0.15) is 0 Å². The summed E-state index contributed by atoms with van der Waals surface area (Å²) in [5.74, 6) is 1.93. The number of allylic oxidation sites excluding steroid dienone is 2. The molecule has 0 aromatic carbocycles. The molecule has 1 nitrogen and oxygen atoms in total. The molecule has 80 valence electrons. The summed E-state index contributed by atoms with van der Waals surface area (Å²) in [6.07, 6.45) is 12.9. The summed E-state index contributed by atoms with van der Waals surface area (Å²) in [5.41, 5.74) is 0. The fraction of sp³-hybridized carbons (Fsp3) is 0.846. The van der Waals surface area contributed by atoms with Crippen molar-refractivity contribution in [2.75, 3.05) is 6.54 Å². The van der Waals surface area contributed by atoms with Gasteiger partial charge < -0.3 is 5.32 Å². The van der Waals surface area contributed by atoms with Gasteiger partial charge in [-0.1, -0.05) is 25.5 Å². The average Bonchev–Trinajstić information content (AvgIpc) is 2.96. The van der Waals surface area contributed by atoms with Gasteiger partial charge in [0.05, 0.1) is 0 Å². The molecule has 0 amide bonds. The van der Waals surface area contributed by atoms with Crippen molar-refractivity contribution in [1.29, 1.82) is 0 Å². The summed E-state index contributed by atoms with van der Waals surface area (Å²) in [6, 6.07) is 0.876. The van der Waals surface area contributed by atoms with E-state index in [1.165, 1.54) is 45.1 Å². The zero-order chi connectivity index (χ0) is 9.80. The second-order valence-electron chi connectivity index (χ2n) is 4.95. The van der Waals surface area contributed by atoms with Crippen molar-refractivity contribution in [3.63, 3.8) is 0 Å². The van der Waals surface area contributed by atoms with E-state index in [0.717, 1.165) is 17.9 Å². The second-order valence-corrected chi connectivity index (χ2v) is 4.95. The summed E-state index contributed by atoms with van der Waals surface area (Å²) >= 11 is 0. The summed E-state index contributed by atoms with van der Waals surface area (Å²) in [4.78, 5) is 0. The van der Waals surface area contributed by atoms with Crippen molar-refractivity contribution in [3.8, 4) is 0 Å². The van der Waals surface area contributed by atoms with Crippen molar-refractivity contribution >= 4 is 0 Å². The van der Waals surface area contributed by atoms with Gasteiger partial charge in [0.15, 0.2) is 0 Å². The molecule has 0 heterocycles. The van der Waals surface area contributed by atoms with E-state index in [9.17, 15) is 0 Å². The lowest BCUT2D eigenvalue weighted by molar-refractivity contribution is 0.431. The first kappa shape index (κ1) is 10.2. The quantitative estimate of drug-likeness (QED) is 0.661. The Morgan fingerprint density at radius 1 is 1.36 bits per heavy atom. The van der Waals surface area contributed by atoms with Crippen LogP contribution >= 0.6 is 0 Å². The van der Waals surface area contributed by atoms with Gasteiger partial charge in [-0.2, -0.15) is 0 Å². The first-order valence-corrected chi connectivity index (χ1v) is 6.28. The first-order chi connectivity index (χ1) is 6.90. The minimum absolute atomic E-state index is 0.876. The van der Waals surface area contributed by atoms with E-state index in [0.29, 0.717) is 0 Å². The minimum Gasteiger partial charge on any atom is -0.313 e. The van der Waals surface area contributed by atoms with E-state index in [1.807, 2.05) is 0 Å². The lowest BCUT2D eigenvalue weighted by Gasteiger charge is -2.18. The number of nitrogens with one attached hydrogen (secondary N) is 1. The third-order valence-corrected chi connectivity index (χ3v) is 3.63. The molecule has 0 aromatic rings. The molecule has 1 fully saturated rings. The van der Waals surface area contributed by atoms with Crippen LogP contribution in [0.15, 0.2) is 12.2 Å². The number of rotatable bonds is 5. The number of hydrogen-bond acceptors (Lipinski definition) is 1. The Bertz CT molecular complexity index is 197. The van der Waals surface area contributed by atoms with Gasteiger partial charge in [0.25, 0.3) is 0 Å². The zero-order valence-electron chi connectivity index (χ0n) is 9.34. The highest BCUT2D eigenvalue weighted by Crippen LogP contribution is 2.34. The Morgan fingerprint density at radius 2 is 2.29 bits per heavy atom. The van der Waals surface area contributed by atoms with Crippen LogP contribution in [0.4, 0.5) is 0 Å². The van der Waals surface area contributed by atoms with Crippen molar-refractivity contribution < 1.29 is 0 Å². The van der Waals surface area contributed by atoms with E-state index >= 15 is 0 Å². The summed E-state index contributed by atoms with van der Waals surface area (Å²) in [6.45, 7) is 3.55. The molecule has 2 rings (SSSR count). The summed E-state index contributed by atoms with van der Waals surface area (Å²) in [7, 11) is 0. The largest absolute Gasteiger partial charge is 0.313 e. The summed E-state index contributed by atoms with van der Waals surface area (Å²) < 4.78 is 0. The van der Waals surface area contributed by atoms with Crippen LogP contribution in [0.3, 0.4) is 0 Å². The Hall–Kier alpha value is -0.300. The van der Waals surface area contributed by atoms with Gasteiger partial charge in [-0.3, -0.25) is 0 Å². The Kier molecular flexibility index (Phi) is 3.63. The highest BCUT2D eigenvalue weighted by molar-refractivity contribution is 4.95. The molecule has 3 atom stereocenters. The molecule has 2 aliphatic carbocycles. The Morgan fingerprint density at radius 3 is 3.00 bits per heavy atom. The molecule has 0 bridgehead atoms. The third kappa shape index (κ3) is 2.84. The molecular weight excluding hydrogens is 170 g/mol. The molecular formula is C13H23N. The molecule has 0 saturated heterocycles. The maximum absolute atomic E-state index is 3.73. The van der Waals surface area contributed by atoms with Crippen molar-refractivity contribution in [2.24, 2.45) is 11.8 Å². The van der Waals surface area contributed by atoms with Crippen LogP contribution < -0.4 is 5.32 Å². The van der Waals surface area contributed by atoms with Gasteiger partial charge in [0, 0.05) is 6.04 Å². The predicted molar refractivity (Wildman–Crippen MR) is 61.3 cm³/mol. The molecule has 1 saturated carbocycles. The topological polar surface area (TPSA) is 12.0 Å². The van der Waals surface area contributed by atoms with Crippen LogP contribution in [0.1, 0.15) is 45.4 Å². The summed E-state index contributed by atoms with van der Waals surface area (Å²) in [5, 5.41) is 3.73. The molecule has 1 N–H and O–H groups in total. The van der Waals surface area contributed by atoms with Crippen LogP contribution in [0.5, 0.6) is 0 Å². The molecule has 2 aliphatic rings. The molecule has 1 heteroatoms. The zero-order valence-corrected chi connectivity index (χ0v) is 9.34. The van der Waals surface area contributed by atoms with Crippen LogP contribution in [0.2, 0.25) is 0 Å². The fourth-order valence-electron chi connectivity index (χ4n) is 2.55. The monoisotopic (exact) mass is 193 g/mol. The van der Waals surface area contributed by atoms with Crippen molar-refractivity contribution in [1.82, 2.24) is 5.32 Å². The molecule has 0 aliphatic heterocycles. The van der Waals surface area contributed by atoms with Crippen LogP contribution in [0, 0.1) is 11.8 Å². The van der Waals surface area contributed by atoms with Gasteiger partial charge >= 0.3 is 0 Å². The van der Waals surface area contributed by atoms with Gasteiger partial charge in [-0.25, -0.2) is 0 Å². The molecule has 0 spiro atoms. The Balaban J connectivity index is 1.57.